The molecule has 2 aromatic rings. The molecular formula is C23H30FIN4O. The first-order chi connectivity index (χ1) is 14.1. The summed E-state index contributed by atoms with van der Waals surface area (Å²) in [6.45, 7) is 4.00. The van der Waals surface area contributed by atoms with E-state index < -0.39 is 0 Å². The highest BCUT2D eigenvalue weighted by atomic mass is 127. The van der Waals surface area contributed by atoms with Crippen molar-refractivity contribution in [3.8, 4) is 0 Å². The average molecular weight is 524 g/mol. The van der Waals surface area contributed by atoms with Gasteiger partial charge >= 0.3 is 0 Å². The maximum Gasteiger partial charge on any atom is 0.241 e. The number of halogens is 2. The lowest BCUT2D eigenvalue weighted by molar-refractivity contribution is -0.119. The van der Waals surface area contributed by atoms with E-state index >= 15 is 0 Å². The van der Waals surface area contributed by atoms with Crippen molar-refractivity contribution >= 4 is 35.8 Å². The van der Waals surface area contributed by atoms with Crippen molar-refractivity contribution in [3.63, 3.8) is 0 Å². The summed E-state index contributed by atoms with van der Waals surface area (Å²) >= 11 is 0. The third-order valence-corrected chi connectivity index (χ3v) is 5.19. The van der Waals surface area contributed by atoms with E-state index in [0.29, 0.717) is 25.6 Å². The molecule has 2 aromatic carbocycles. The van der Waals surface area contributed by atoms with Crippen LogP contribution in [0.4, 0.5) is 4.39 Å². The van der Waals surface area contributed by atoms with Crippen LogP contribution in [0.5, 0.6) is 0 Å². The normalized spacial score (nSPS) is 14.4. The van der Waals surface area contributed by atoms with Gasteiger partial charge in [-0.3, -0.25) is 4.79 Å². The Bertz CT molecular complexity index is 840. The maximum absolute atomic E-state index is 13.6. The van der Waals surface area contributed by atoms with E-state index in [9.17, 15) is 9.18 Å². The van der Waals surface area contributed by atoms with E-state index in [1.165, 1.54) is 11.6 Å². The lowest BCUT2D eigenvalue weighted by Gasteiger charge is -2.19. The Balaban J connectivity index is 0.00000320. The summed E-state index contributed by atoms with van der Waals surface area (Å²) in [6.07, 6.45) is 2.83. The Morgan fingerprint density at radius 1 is 1.07 bits per heavy atom. The molecule has 1 saturated carbocycles. The predicted molar refractivity (Wildman–Crippen MR) is 130 cm³/mol. The number of carbonyl (C=O) groups is 1. The Labute approximate surface area is 195 Å². The van der Waals surface area contributed by atoms with Gasteiger partial charge in [0.15, 0.2) is 5.96 Å². The fraction of sp³-hybridized carbons (Fsp3) is 0.391. The highest BCUT2D eigenvalue weighted by Gasteiger charge is 2.44. The number of guanidine groups is 1. The van der Waals surface area contributed by atoms with Gasteiger partial charge in [-0.15, -0.1) is 24.0 Å². The monoisotopic (exact) mass is 524 g/mol. The van der Waals surface area contributed by atoms with Crippen molar-refractivity contribution in [1.82, 2.24) is 16.0 Å². The van der Waals surface area contributed by atoms with E-state index in [1.54, 1.807) is 12.1 Å². The second-order valence-electron chi connectivity index (χ2n) is 7.42. The van der Waals surface area contributed by atoms with Gasteiger partial charge in [0.1, 0.15) is 12.4 Å². The van der Waals surface area contributed by atoms with Crippen molar-refractivity contribution < 1.29 is 9.18 Å². The van der Waals surface area contributed by atoms with Crippen molar-refractivity contribution in [1.29, 1.82) is 0 Å². The molecule has 0 radical (unpaired) electrons. The fourth-order valence-electron chi connectivity index (χ4n) is 3.33. The summed E-state index contributed by atoms with van der Waals surface area (Å²) in [5.74, 6) is 0.291. The van der Waals surface area contributed by atoms with Crippen LogP contribution < -0.4 is 16.0 Å². The fourth-order valence-corrected chi connectivity index (χ4v) is 3.33. The third kappa shape index (κ3) is 7.27. The minimum absolute atomic E-state index is 0. The molecule has 1 amide bonds. The smallest absolute Gasteiger partial charge is 0.241 e. The van der Waals surface area contributed by atoms with Crippen molar-refractivity contribution in [2.24, 2.45) is 4.99 Å². The van der Waals surface area contributed by atoms with Gasteiger partial charge in [-0.1, -0.05) is 42.5 Å². The molecule has 3 N–H and O–H groups in total. The Hall–Kier alpha value is -2.16. The van der Waals surface area contributed by atoms with Crippen LogP contribution in [0.1, 0.15) is 30.9 Å². The number of carbonyl (C=O) groups excluding carboxylic acids is 1. The molecule has 5 nitrogen and oxygen atoms in total. The number of nitrogens with one attached hydrogen (secondary N) is 3. The van der Waals surface area contributed by atoms with Crippen molar-refractivity contribution in [2.45, 2.75) is 31.6 Å². The molecule has 0 aromatic heterocycles. The van der Waals surface area contributed by atoms with Crippen molar-refractivity contribution in [3.05, 3.63) is 71.5 Å². The minimum atomic E-state index is -0.207. The van der Waals surface area contributed by atoms with Crippen LogP contribution in [-0.2, 0) is 16.6 Å². The molecule has 30 heavy (non-hydrogen) atoms. The molecule has 3 rings (SSSR count). The van der Waals surface area contributed by atoms with Gasteiger partial charge in [0, 0.05) is 25.0 Å². The summed E-state index contributed by atoms with van der Waals surface area (Å²) in [6, 6.07) is 16.9. The summed E-state index contributed by atoms with van der Waals surface area (Å²) in [5.41, 5.74) is 2.16. The second-order valence-corrected chi connectivity index (χ2v) is 7.42. The van der Waals surface area contributed by atoms with Crippen molar-refractivity contribution in [2.75, 3.05) is 26.2 Å². The molecule has 0 unspecified atom stereocenters. The van der Waals surface area contributed by atoms with Crippen LogP contribution in [0.2, 0.25) is 0 Å². The van der Waals surface area contributed by atoms with Gasteiger partial charge in [0.2, 0.25) is 5.91 Å². The number of hydrogen-bond acceptors (Lipinski definition) is 2. The van der Waals surface area contributed by atoms with E-state index in [4.69, 9.17) is 0 Å². The number of nitrogens with zero attached hydrogens (tertiary/aromatic N) is 1. The number of aliphatic imine (C=N–C) groups is 1. The van der Waals surface area contributed by atoms with Gasteiger partial charge < -0.3 is 16.0 Å². The first-order valence-electron chi connectivity index (χ1n) is 10.2. The van der Waals surface area contributed by atoms with E-state index in [1.807, 2.05) is 43.3 Å². The highest BCUT2D eigenvalue weighted by molar-refractivity contribution is 14.0. The van der Waals surface area contributed by atoms with Crippen LogP contribution in [-0.4, -0.2) is 38.0 Å². The zero-order valence-electron chi connectivity index (χ0n) is 17.3. The zero-order valence-corrected chi connectivity index (χ0v) is 19.6. The second kappa shape index (κ2) is 11.9. The summed E-state index contributed by atoms with van der Waals surface area (Å²) in [7, 11) is 0. The van der Waals surface area contributed by atoms with E-state index in [0.717, 1.165) is 24.8 Å². The molecular weight excluding hydrogens is 494 g/mol. The number of rotatable bonds is 9. The average Bonchev–Trinajstić information content (AvgIpc) is 3.52. The molecule has 0 atom stereocenters. The SMILES string of the molecule is CCNC(=NCC(=O)NCCc1ccccc1)NCC1(c2cccc(F)c2)CC1.I. The molecule has 1 fully saturated rings. The first-order valence-corrected chi connectivity index (χ1v) is 10.2. The van der Waals surface area contributed by atoms with Crippen LogP contribution in [0.15, 0.2) is 59.6 Å². The molecule has 0 saturated heterocycles. The zero-order chi connectivity index (χ0) is 20.5. The standard InChI is InChI=1S/C23H29FN4O.HI/c1-2-25-22(27-16-21(29)26-14-11-18-7-4-3-5-8-18)28-17-23(12-13-23)19-9-6-10-20(24)15-19;/h3-10,15H,2,11-14,16-17H2,1H3,(H,26,29)(H2,25,27,28);1H. The Morgan fingerprint density at radius 2 is 1.83 bits per heavy atom. The highest BCUT2D eigenvalue weighted by Crippen LogP contribution is 2.47. The molecule has 0 aliphatic heterocycles. The van der Waals surface area contributed by atoms with Gasteiger partial charge in [0.25, 0.3) is 0 Å². The van der Waals surface area contributed by atoms with Gasteiger partial charge in [0.05, 0.1) is 0 Å². The summed E-state index contributed by atoms with van der Waals surface area (Å²) in [5, 5.41) is 9.39. The number of benzene rings is 2. The maximum atomic E-state index is 13.6. The third-order valence-electron chi connectivity index (χ3n) is 5.19. The van der Waals surface area contributed by atoms with Crippen LogP contribution >= 0.6 is 24.0 Å². The van der Waals surface area contributed by atoms with Gasteiger partial charge in [-0.05, 0) is 49.4 Å². The van der Waals surface area contributed by atoms with E-state index in [2.05, 4.69) is 20.9 Å². The van der Waals surface area contributed by atoms with Crippen LogP contribution in [0.25, 0.3) is 0 Å². The number of hydrogen-bond donors (Lipinski definition) is 3. The molecule has 7 heteroatoms. The Morgan fingerprint density at radius 3 is 2.50 bits per heavy atom. The van der Waals surface area contributed by atoms with Crippen LogP contribution in [0.3, 0.4) is 0 Å². The molecule has 1 aliphatic carbocycles. The lowest BCUT2D eigenvalue weighted by atomic mass is 9.96. The molecule has 1 aliphatic rings. The largest absolute Gasteiger partial charge is 0.357 e. The quantitative estimate of drug-likeness (QED) is 0.268. The molecule has 0 bridgehead atoms. The number of amides is 1. The minimum Gasteiger partial charge on any atom is -0.357 e. The molecule has 0 spiro atoms. The van der Waals surface area contributed by atoms with Gasteiger partial charge in [-0.25, -0.2) is 9.38 Å². The lowest BCUT2D eigenvalue weighted by Crippen LogP contribution is -2.42. The Kier molecular flexibility index (Phi) is 9.55. The van der Waals surface area contributed by atoms with Crippen LogP contribution in [0, 0.1) is 5.82 Å². The molecule has 0 heterocycles. The summed E-state index contributed by atoms with van der Waals surface area (Å²) in [4.78, 5) is 16.5. The predicted octanol–water partition coefficient (Wildman–Crippen LogP) is 3.39. The van der Waals surface area contributed by atoms with Gasteiger partial charge in [-0.2, -0.15) is 0 Å². The van der Waals surface area contributed by atoms with E-state index in [-0.39, 0.29) is 47.7 Å². The summed E-state index contributed by atoms with van der Waals surface area (Å²) < 4.78 is 13.6. The molecule has 162 valence electrons. The first kappa shape index (κ1) is 24.1. The topological polar surface area (TPSA) is 65.5 Å².